The molecule has 1 saturated carbocycles. The van der Waals surface area contributed by atoms with Gasteiger partial charge in [0, 0.05) is 18.6 Å². The summed E-state index contributed by atoms with van der Waals surface area (Å²) in [4.78, 5) is 2.75. The van der Waals surface area contributed by atoms with E-state index in [2.05, 4.69) is 31.0 Å². The molecule has 2 fully saturated rings. The molecule has 0 bridgehead atoms. The zero-order valence-corrected chi connectivity index (χ0v) is 12.6. The summed E-state index contributed by atoms with van der Waals surface area (Å²) in [7, 11) is 0. The highest BCUT2D eigenvalue weighted by Crippen LogP contribution is 2.29. The largest absolute Gasteiger partial charge is 0.312 e. The molecule has 0 amide bonds. The van der Waals surface area contributed by atoms with Crippen LogP contribution < -0.4 is 5.32 Å². The van der Waals surface area contributed by atoms with Gasteiger partial charge in [0.25, 0.3) is 0 Å². The molecule has 1 saturated heterocycles. The van der Waals surface area contributed by atoms with E-state index >= 15 is 0 Å². The van der Waals surface area contributed by atoms with Crippen LogP contribution in [0.15, 0.2) is 0 Å². The van der Waals surface area contributed by atoms with E-state index in [9.17, 15) is 0 Å². The van der Waals surface area contributed by atoms with Gasteiger partial charge in [-0.25, -0.2) is 0 Å². The lowest BCUT2D eigenvalue weighted by atomic mass is 9.82. The van der Waals surface area contributed by atoms with Gasteiger partial charge in [-0.3, -0.25) is 0 Å². The molecule has 2 nitrogen and oxygen atoms in total. The molecule has 2 heteroatoms. The zero-order valence-electron chi connectivity index (χ0n) is 12.6. The fraction of sp³-hybridized carbons (Fsp3) is 1.00. The Kier molecular flexibility index (Phi) is 5.50. The first-order chi connectivity index (χ1) is 8.63. The molecule has 4 atom stereocenters. The highest BCUT2D eigenvalue weighted by atomic mass is 15.1. The van der Waals surface area contributed by atoms with E-state index < -0.39 is 0 Å². The Morgan fingerprint density at radius 3 is 2.22 bits per heavy atom. The van der Waals surface area contributed by atoms with Crippen molar-refractivity contribution in [2.45, 2.75) is 71.4 Å². The van der Waals surface area contributed by atoms with E-state index in [0.29, 0.717) is 12.1 Å². The van der Waals surface area contributed by atoms with Crippen LogP contribution in [0.4, 0.5) is 0 Å². The van der Waals surface area contributed by atoms with Crippen molar-refractivity contribution in [2.24, 2.45) is 11.8 Å². The minimum atomic E-state index is 0.688. The highest BCUT2D eigenvalue weighted by Gasteiger charge is 2.22. The average molecular weight is 252 g/mol. The molecule has 0 spiro atoms. The van der Waals surface area contributed by atoms with E-state index in [1.807, 2.05) is 0 Å². The maximum atomic E-state index is 3.69. The van der Waals surface area contributed by atoms with Gasteiger partial charge >= 0.3 is 0 Å². The minimum Gasteiger partial charge on any atom is -0.312 e. The first-order valence-electron chi connectivity index (χ1n) is 8.12. The first kappa shape index (κ1) is 14.3. The number of rotatable bonds is 2. The van der Waals surface area contributed by atoms with Crippen molar-refractivity contribution in [3.05, 3.63) is 0 Å². The molecule has 1 aliphatic carbocycles. The predicted octanol–water partition coefficient (Wildman–Crippen LogP) is 3.28. The van der Waals surface area contributed by atoms with Crippen molar-refractivity contribution in [1.29, 1.82) is 0 Å². The molecule has 4 unspecified atom stereocenters. The number of hydrogen-bond donors (Lipinski definition) is 1. The third-order valence-corrected chi connectivity index (χ3v) is 4.89. The van der Waals surface area contributed by atoms with Gasteiger partial charge in [-0.15, -0.1) is 0 Å². The van der Waals surface area contributed by atoms with E-state index in [1.54, 1.807) is 0 Å². The standard InChI is InChI=1S/C16H32N2/c1-13-5-4-6-16(11-13)12-18-9-7-14(2)17-15(3)8-10-18/h13-17H,4-12H2,1-3H3. The van der Waals surface area contributed by atoms with Gasteiger partial charge in [0.05, 0.1) is 0 Å². The summed E-state index contributed by atoms with van der Waals surface area (Å²) in [5.74, 6) is 1.95. The highest BCUT2D eigenvalue weighted by molar-refractivity contribution is 4.78. The third-order valence-electron chi connectivity index (χ3n) is 4.89. The van der Waals surface area contributed by atoms with Crippen molar-refractivity contribution in [2.75, 3.05) is 19.6 Å². The van der Waals surface area contributed by atoms with Gasteiger partial charge in [-0.2, -0.15) is 0 Å². The van der Waals surface area contributed by atoms with Gasteiger partial charge in [-0.05, 0) is 64.5 Å². The van der Waals surface area contributed by atoms with Gasteiger partial charge in [-0.1, -0.05) is 19.8 Å². The molecule has 2 rings (SSSR count). The molecule has 0 radical (unpaired) electrons. The second kappa shape index (κ2) is 6.91. The maximum Gasteiger partial charge on any atom is 0.00533 e. The van der Waals surface area contributed by atoms with Crippen LogP contribution in [0.1, 0.15) is 59.3 Å². The van der Waals surface area contributed by atoms with Crippen molar-refractivity contribution < 1.29 is 0 Å². The normalized spacial score (nSPS) is 40.2. The van der Waals surface area contributed by atoms with Crippen LogP contribution in [-0.4, -0.2) is 36.6 Å². The fourth-order valence-electron chi connectivity index (χ4n) is 3.79. The van der Waals surface area contributed by atoms with Crippen LogP contribution in [0.5, 0.6) is 0 Å². The molecule has 18 heavy (non-hydrogen) atoms. The Morgan fingerprint density at radius 1 is 0.944 bits per heavy atom. The fourth-order valence-corrected chi connectivity index (χ4v) is 3.79. The Hall–Kier alpha value is -0.0800. The lowest BCUT2D eigenvalue weighted by Crippen LogP contribution is -2.44. The molecule has 0 aromatic rings. The van der Waals surface area contributed by atoms with E-state index in [-0.39, 0.29) is 0 Å². The van der Waals surface area contributed by atoms with Crippen LogP contribution in [-0.2, 0) is 0 Å². The van der Waals surface area contributed by atoms with Gasteiger partial charge in [0.1, 0.15) is 0 Å². The molecular weight excluding hydrogens is 220 g/mol. The summed E-state index contributed by atoms with van der Waals surface area (Å²) in [6.45, 7) is 11.1. The Morgan fingerprint density at radius 2 is 1.61 bits per heavy atom. The first-order valence-corrected chi connectivity index (χ1v) is 8.12. The van der Waals surface area contributed by atoms with Crippen LogP contribution in [0.25, 0.3) is 0 Å². The monoisotopic (exact) mass is 252 g/mol. The molecule has 1 heterocycles. The van der Waals surface area contributed by atoms with Crippen molar-refractivity contribution in [3.63, 3.8) is 0 Å². The number of nitrogens with one attached hydrogen (secondary N) is 1. The summed E-state index contributed by atoms with van der Waals surface area (Å²) < 4.78 is 0. The third kappa shape index (κ3) is 4.55. The van der Waals surface area contributed by atoms with Crippen LogP contribution in [0.2, 0.25) is 0 Å². The van der Waals surface area contributed by atoms with E-state index in [0.717, 1.165) is 11.8 Å². The topological polar surface area (TPSA) is 15.3 Å². The minimum absolute atomic E-state index is 0.688. The van der Waals surface area contributed by atoms with Crippen LogP contribution >= 0.6 is 0 Å². The van der Waals surface area contributed by atoms with E-state index in [4.69, 9.17) is 0 Å². The summed E-state index contributed by atoms with van der Waals surface area (Å²) in [5.41, 5.74) is 0. The maximum absolute atomic E-state index is 3.69. The van der Waals surface area contributed by atoms with Crippen molar-refractivity contribution in [1.82, 2.24) is 10.2 Å². The second-order valence-electron chi connectivity index (χ2n) is 6.98. The Balaban J connectivity index is 1.79. The summed E-state index contributed by atoms with van der Waals surface area (Å²) in [5, 5.41) is 3.69. The van der Waals surface area contributed by atoms with Crippen molar-refractivity contribution in [3.8, 4) is 0 Å². The second-order valence-corrected chi connectivity index (χ2v) is 6.98. The number of hydrogen-bond acceptors (Lipinski definition) is 2. The zero-order chi connectivity index (χ0) is 13.0. The molecule has 0 aromatic heterocycles. The Bertz CT molecular complexity index is 229. The van der Waals surface area contributed by atoms with Gasteiger partial charge in [0.15, 0.2) is 0 Å². The molecule has 0 aromatic carbocycles. The molecule has 2 aliphatic rings. The summed E-state index contributed by atoms with van der Waals surface area (Å²) in [6, 6.07) is 1.38. The van der Waals surface area contributed by atoms with Crippen molar-refractivity contribution >= 4 is 0 Å². The molecule has 1 N–H and O–H groups in total. The van der Waals surface area contributed by atoms with Gasteiger partial charge < -0.3 is 10.2 Å². The SMILES string of the molecule is CC1CCCC(CN2CCC(C)NC(C)CC2)C1. The summed E-state index contributed by atoms with van der Waals surface area (Å²) in [6.07, 6.45) is 8.51. The van der Waals surface area contributed by atoms with Gasteiger partial charge in [0.2, 0.25) is 0 Å². The smallest absolute Gasteiger partial charge is 0.00533 e. The lowest BCUT2D eigenvalue weighted by Gasteiger charge is -2.35. The average Bonchev–Trinajstić information content (AvgIpc) is 2.31. The Labute approximate surface area is 114 Å². The quantitative estimate of drug-likeness (QED) is 0.811. The van der Waals surface area contributed by atoms with Crippen LogP contribution in [0.3, 0.4) is 0 Å². The predicted molar refractivity (Wildman–Crippen MR) is 78.9 cm³/mol. The summed E-state index contributed by atoms with van der Waals surface area (Å²) >= 11 is 0. The molecule has 106 valence electrons. The molecule has 1 aliphatic heterocycles. The molecular formula is C16H32N2. The number of nitrogens with zero attached hydrogens (tertiary/aromatic N) is 1. The lowest BCUT2D eigenvalue weighted by molar-refractivity contribution is 0.157. The van der Waals surface area contributed by atoms with E-state index in [1.165, 1.54) is 58.2 Å². The van der Waals surface area contributed by atoms with Crippen LogP contribution in [0, 0.1) is 11.8 Å².